The van der Waals surface area contributed by atoms with Gasteiger partial charge in [0.2, 0.25) is 5.91 Å². The highest BCUT2D eigenvalue weighted by Gasteiger charge is 2.20. The molecule has 6 heteroatoms. The molecular formula is C15H12N2O4. The third-order valence-corrected chi connectivity index (χ3v) is 3.20. The highest BCUT2D eigenvalue weighted by molar-refractivity contribution is 5.91. The van der Waals surface area contributed by atoms with Gasteiger partial charge in [-0.3, -0.25) is 4.79 Å². The summed E-state index contributed by atoms with van der Waals surface area (Å²) >= 11 is 0. The van der Waals surface area contributed by atoms with E-state index in [2.05, 4.69) is 10.3 Å². The van der Waals surface area contributed by atoms with E-state index in [1.165, 1.54) is 6.92 Å². The van der Waals surface area contributed by atoms with Crippen molar-refractivity contribution in [2.75, 3.05) is 5.32 Å². The predicted octanol–water partition coefficient (Wildman–Crippen LogP) is 2.30. The van der Waals surface area contributed by atoms with Crippen LogP contribution in [0.3, 0.4) is 0 Å². The van der Waals surface area contributed by atoms with Crippen LogP contribution >= 0.6 is 0 Å². The van der Waals surface area contributed by atoms with Crippen molar-refractivity contribution >= 4 is 17.7 Å². The van der Waals surface area contributed by atoms with Crippen molar-refractivity contribution in [1.82, 2.24) is 4.98 Å². The Bertz CT molecular complexity index is 755. The second kappa shape index (κ2) is 4.90. The van der Waals surface area contributed by atoms with Gasteiger partial charge in [0.1, 0.15) is 18.2 Å². The minimum absolute atomic E-state index is 0.208. The fourth-order valence-electron chi connectivity index (χ4n) is 2.28. The van der Waals surface area contributed by atoms with Crippen LogP contribution in [-0.4, -0.2) is 22.0 Å². The van der Waals surface area contributed by atoms with Gasteiger partial charge in [-0.2, -0.15) is 0 Å². The Morgan fingerprint density at radius 2 is 2.10 bits per heavy atom. The Morgan fingerprint density at radius 3 is 2.81 bits per heavy atom. The summed E-state index contributed by atoms with van der Waals surface area (Å²) in [5.74, 6) is -0.141. The van der Waals surface area contributed by atoms with Crippen molar-refractivity contribution < 1.29 is 19.4 Å². The lowest BCUT2D eigenvalue weighted by Crippen LogP contribution is -2.11. The zero-order valence-corrected chi connectivity index (χ0v) is 11.2. The number of hydrogen-bond donors (Lipinski definition) is 2. The third kappa shape index (κ3) is 2.43. The van der Waals surface area contributed by atoms with Crippen molar-refractivity contribution in [2.24, 2.45) is 0 Å². The average Bonchev–Trinajstić information content (AvgIpc) is 2.45. The SMILES string of the molecule is CC(=O)Nc1cc2c(cn1)OCc1cc(C(=O)O)ccc1-2. The first-order chi connectivity index (χ1) is 10.0. The first-order valence-electron chi connectivity index (χ1n) is 6.31. The molecule has 106 valence electrons. The number of amides is 1. The number of nitrogens with one attached hydrogen (secondary N) is 1. The number of carbonyl (C=O) groups is 2. The molecule has 6 nitrogen and oxygen atoms in total. The molecule has 0 spiro atoms. The number of ether oxygens (including phenoxy) is 1. The molecule has 0 saturated carbocycles. The van der Waals surface area contributed by atoms with Crippen molar-refractivity contribution in [3.05, 3.63) is 41.6 Å². The van der Waals surface area contributed by atoms with Gasteiger partial charge in [-0.05, 0) is 29.3 Å². The lowest BCUT2D eigenvalue weighted by Gasteiger charge is -2.21. The Labute approximate surface area is 120 Å². The number of pyridine rings is 1. The smallest absolute Gasteiger partial charge is 0.335 e. The van der Waals surface area contributed by atoms with E-state index < -0.39 is 5.97 Å². The van der Waals surface area contributed by atoms with Gasteiger partial charge in [0.15, 0.2) is 0 Å². The fourth-order valence-corrected chi connectivity index (χ4v) is 2.28. The molecule has 2 aromatic rings. The Morgan fingerprint density at radius 1 is 1.29 bits per heavy atom. The molecule has 0 aliphatic carbocycles. The van der Waals surface area contributed by atoms with E-state index in [1.54, 1.807) is 30.5 Å². The molecule has 0 unspecified atom stereocenters. The van der Waals surface area contributed by atoms with Gasteiger partial charge >= 0.3 is 5.97 Å². The van der Waals surface area contributed by atoms with Crippen molar-refractivity contribution in [3.8, 4) is 16.9 Å². The second-order valence-electron chi connectivity index (χ2n) is 4.71. The number of carboxylic acids is 1. The molecule has 0 atom stereocenters. The summed E-state index contributed by atoms with van der Waals surface area (Å²) in [7, 11) is 0. The summed E-state index contributed by atoms with van der Waals surface area (Å²) in [4.78, 5) is 26.2. The number of aromatic carboxylic acids is 1. The topological polar surface area (TPSA) is 88.5 Å². The number of nitrogens with zero attached hydrogens (tertiary/aromatic N) is 1. The summed E-state index contributed by atoms with van der Waals surface area (Å²) in [6, 6.07) is 6.61. The molecule has 1 amide bonds. The van der Waals surface area contributed by atoms with Gasteiger partial charge < -0.3 is 15.2 Å². The predicted molar refractivity (Wildman–Crippen MR) is 75.3 cm³/mol. The number of fused-ring (bicyclic) bond motifs is 3. The number of aromatic nitrogens is 1. The van der Waals surface area contributed by atoms with E-state index in [-0.39, 0.29) is 11.5 Å². The largest absolute Gasteiger partial charge is 0.487 e. The number of anilines is 1. The number of carboxylic acid groups (broad SMARTS) is 1. The number of benzene rings is 1. The minimum Gasteiger partial charge on any atom is -0.487 e. The quantitative estimate of drug-likeness (QED) is 0.883. The van der Waals surface area contributed by atoms with Crippen LogP contribution in [0.4, 0.5) is 5.82 Å². The van der Waals surface area contributed by atoms with Crippen molar-refractivity contribution in [2.45, 2.75) is 13.5 Å². The lowest BCUT2D eigenvalue weighted by molar-refractivity contribution is -0.114. The first-order valence-corrected chi connectivity index (χ1v) is 6.31. The molecule has 0 saturated heterocycles. The van der Waals surface area contributed by atoms with Crippen LogP contribution in [0.15, 0.2) is 30.5 Å². The van der Waals surface area contributed by atoms with Crippen LogP contribution in [0, 0.1) is 0 Å². The van der Waals surface area contributed by atoms with Crippen LogP contribution in [0.25, 0.3) is 11.1 Å². The van der Waals surface area contributed by atoms with E-state index in [4.69, 9.17) is 9.84 Å². The zero-order chi connectivity index (χ0) is 15.0. The monoisotopic (exact) mass is 284 g/mol. The first kappa shape index (κ1) is 13.1. The van der Waals surface area contributed by atoms with E-state index in [0.717, 1.165) is 16.7 Å². The Balaban J connectivity index is 2.08. The second-order valence-corrected chi connectivity index (χ2v) is 4.71. The average molecular weight is 284 g/mol. The summed E-state index contributed by atoms with van der Waals surface area (Å²) in [6.45, 7) is 1.70. The minimum atomic E-state index is -0.975. The van der Waals surface area contributed by atoms with E-state index in [0.29, 0.717) is 18.2 Å². The third-order valence-electron chi connectivity index (χ3n) is 3.20. The molecule has 21 heavy (non-hydrogen) atoms. The maximum absolute atomic E-state index is 11.1. The van der Waals surface area contributed by atoms with E-state index >= 15 is 0 Å². The summed E-state index contributed by atoms with van der Waals surface area (Å²) in [5.41, 5.74) is 2.68. The fraction of sp³-hybridized carbons (Fsp3) is 0.133. The highest BCUT2D eigenvalue weighted by Crippen LogP contribution is 2.38. The Kier molecular flexibility index (Phi) is 3.06. The van der Waals surface area contributed by atoms with Crippen LogP contribution in [-0.2, 0) is 11.4 Å². The normalized spacial score (nSPS) is 11.9. The molecule has 3 rings (SSSR count). The molecule has 1 aliphatic heterocycles. The van der Waals surface area contributed by atoms with Gasteiger partial charge in [0.25, 0.3) is 0 Å². The van der Waals surface area contributed by atoms with Gasteiger partial charge in [0.05, 0.1) is 11.8 Å². The molecule has 0 bridgehead atoms. The van der Waals surface area contributed by atoms with Crippen LogP contribution in [0.2, 0.25) is 0 Å². The maximum atomic E-state index is 11.1. The van der Waals surface area contributed by atoms with Crippen LogP contribution < -0.4 is 10.1 Å². The Hall–Kier alpha value is -2.89. The summed E-state index contributed by atoms with van der Waals surface area (Å²) < 4.78 is 5.58. The molecule has 0 radical (unpaired) electrons. The zero-order valence-electron chi connectivity index (χ0n) is 11.2. The van der Waals surface area contributed by atoms with Crippen molar-refractivity contribution in [1.29, 1.82) is 0 Å². The van der Waals surface area contributed by atoms with E-state index in [9.17, 15) is 9.59 Å². The molecular weight excluding hydrogens is 272 g/mol. The summed E-state index contributed by atoms with van der Waals surface area (Å²) in [6.07, 6.45) is 1.55. The standard InChI is InChI=1S/C15H12N2O4/c1-8(18)17-14-5-12-11-3-2-9(15(19)20)4-10(11)7-21-13(12)6-16-14/h2-6H,7H2,1H3,(H,19,20)(H,16,17,18). The van der Waals surface area contributed by atoms with Crippen LogP contribution in [0.1, 0.15) is 22.8 Å². The molecule has 2 heterocycles. The van der Waals surface area contributed by atoms with Gasteiger partial charge in [0, 0.05) is 12.5 Å². The van der Waals surface area contributed by atoms with Gasteiger partial charge in [-0.15, -0.1) is 0 Å². The maximum Gasteiger partial charge on any atom is 0.335 e. The number of hydrogen-bond acceptors (Lipinski definition) is 4. The molecule has 1 aromatic heterocycles. The lowest BCUT2D eigenvalue weighted by atomic mass is 9.96. The van der Waals surface area contributed by atoms with E-state index in [1.807, 2.05) is 0 Å². The van der Waals surface area contributed by atoms with Crippen molar-refractivity contribution in [3.63, 3.8) is 0 Å². The molecule has 2 N–H and O–H groups in total. The van der Waals surface area contributed by atoms with Gasteiger partial charge in [-0.1, -0.05) is 6.07 Å². The molecule has 1 aromatic carbocycles. The summed E-state index contributed by atoms with van der Waals surface area (Å²) in [5, 5.41) is 11.6. The molecule has 0 fully saturated rings. The highest BCUT2D eigenvalue weighted by atomic mass is 16.5. The number of carbonyl (C=O) groups excluding carboxylic acids is 1. The number of rotatable bonds is 2. The van der Waals surface area contributed by atoms with Crippen LogP contribution in [0.5, 0.6) is 5.75 Å². The van der Waals surface area contributed by atoms with Gasteiger partial charge in [-0.25, -0.2) is 9.78 Å². The molecule has 1 aliphatic rings.